The molecule has 0 aliphatic heterocycles. The van der Waals surface area contributed by atoms with Crippen LogP contribution >= 0.6 is 0 Å². The summed E-state index contributed by atoms with van der Waals surface area (Å²) < 4.78 is 7.20. The molecule has 2 aromatic carbocycles. The number of fused-ring (bicyclic) bond motifs is 1. The van der Waals surface area contributed by atoms with Crippen molar-refractivity contribution in [3.63, 3.8) is 0 Å². The fourth-order valence-corrected chi connectivity index (χ4v) is 2.51. The third kappa shape index (κ3) is 2.97. The van der Waals surface area contributed by atoms with Crippen LogP contribution in [0.3, 0.4) is 0 Å². The minimum absolute atomic E-state index is 0.203. The van der Waals surface area contributed by atoms with Crippen LogP contribution in [0.15, 0.2) is 60.8 Å². The van der Waals surface area contributed by atoms with E-state index in [1.54, 1.807) is 7.11 Å². The van der Waals surface area contributed by atoms with Crippen molar-refractivity contribution < 1.29 is 9.53 Å². The van der Waals surface area contributed by atoms with E-state index in [1.165, 1.54) is 0 Å². The summed E-state index contributed by atoms with van der Waals surface area (Å²) in [4.78, 5) is 12.2. The number of ether oxygens (including phenoxy) is 1. The maximum Gasteiger partial charge on any atom is 0.156 e. The summed E-state index contributed by atoms with van der Waals surface area (Å²) in [5.41, 5.74) is 2.11. The molecule has 0 N–H and O–H groups in total. The van der Waals surface area contributed by atoms with Gasteiger partial charge in [-0.25, -0.2) is 0 Å². The Morgan fingerprint density at radius 3 is 2.67 bits per heavy atom. The van der Waals surface area contributed by atoms with Gasteiger partial charge < -0.3 is 9.30 Å². The number of benzene rings is 2. The second-order valence-corrected chi connectivity index (χ2v) is 5.07. The third-order valence-corrected chi connectivity index (χ3v) is 3.57. The van der Waals surface area contributed by atoms with Crippen molar-refractivity contribution in [2.24, 2.45) is 0 Å². The summed E-state index contributed by atoms with van der Waals surface area (Å²) in [6.07, 6.45) is 2.42. The number of carbonyl (C=O) groups is 1. The standard InChI is InChI=1S/C18H17NO2/c1-21-17-7-8-18-15(12-17)9-10-19(18)13-16(20)11-14-5-3-2-4-6-14/h2-10,12H,11,13H2,1H3. The molecule has 0 aliphatic carbocycles. The van der Waals surface area contributed by atoms with Crippen molar-refractivity contribution >= 4 is 16.7 Å². The summed E-state index contributed by atoms with van der Waals surface area (Å²) in [6, 6.07) is 17.7. The third-order valence-electron chi connectivity index (χ3n) is 3.57. The van der Waals surface area contributed by atoms with E-state index in [4.69, 9.17) is 4.74 Å². The molecule has 1 aromatic heterocycles. The zero-order valence-corrected chi connectivity index (χ0v) is 12.0. The molecule has 3 aromatic rings. The zero-order valence-electron chi connectivity index (χ0n) is 12.0. The molecular weight excluding hydrogens is 262 g/mol. The topological polar surface area (TPSA) is 31.2 Å². The molecule has 21 heavy (non-hydrogen) atoms. The van der Waals surface area contributed by atoms with Gasteiger partial charge >= 0.3 is 0 Å². The van der Waals surface area contributed by atoms with E-state index in [0.29, 0.717) is 13.0 Å². The molecule has 1 heterocycles. The van der Waals surface area contributed by atoms with E-state index in [9.17, 15) is 4.79 Å². The molecular formula is C18H17NO2. The Labute approximate surface area is 123 Å². The first-order valence-corrected chi connectivity index (χ1v) is 6.95. The van der Waals surface area contributed by atoms with E-state index < -0.39 is 0 Å². The van der Waals surface area contributed by atoms with Crippen molar-refractivity contribution in [2.75, 3.05) is 7.11 Å². The van der Waals surface area contributed by atoms with Gasteiger partial charge in [0.2, 0.25) is 0 Å². The Hall–Kier alpha value is -2.55. The number of aromatic nitrogens is 1. The summed E-state index contributed by atoms with van der Waals surface area (Å²) >= 11 is 0. The Morgan fingerprint density at radius 2 is 1.90 bits per heavy atom. The minimum Gasteiger partial charge on any atom is -0.497 e. The molecule has 0 amide bonds. The molecule has 106 valence electrons. The lowest BCUT2D eigenvalue weighted by molar-refractivity contribution is -0.118. The van der Waals surface area contributed by atoms with E-state index >= 15 is 0 Å². The molecule has 0 aliphatic rings. The van der Waals surface area contributed by atoms with E-state index in [-0.39, 0.29) is 5.78 Å². The highest BCUT2D eigenvalue weighted by molar-refractivity contribution is 5.86. The predicted octanol–water partition coefficient (Wildman–Crippen LogP) is 3.46. The average molecular weight is 279 g/mol. The highest BCUT2D eigenvalue weighted by Crippen LogP contribution is 2.21. The molecule has 0 saturated heterocycles. The smallest absolute Gasteiger partial charge is 0.156 e. The Balaban J connectivity index is 1.77. The van der Waals surface area contributed by atoms with E-state index in [2.05, 4.69) is 0 Å². The minimum atomic E-state index is 0.203. The summed E-state index contributed by atoms with van der Waals surface area (Å²) in [6.45, 7) is 0.394. The number of methoxy groups -OCH3 is 1. The molecule has 0 radical (unpaired) electrons. The van der Waals surface area contributed by atoms with Crippen LogP contribution in [-0.2, 0) is 17.8 Å². The van der Waals surface area contributed by atoms with Gasteiger partial charge in [0.15, 0.2) is 5.78 Å². The van der Waals surface area contributed by atoms with Gasteiger partial charge in [0.1, 0.15) is 5.75 Å². The van der Waals surface area contributed by atoms with Gasteiger partial charge in [-0.3, -0.25) is 4.79 Å². The van der Waals surface area contributed by atoms with Crippen molar-refractivity contribution in [1.29, 1.82) is 0 Å². The van der Waals surface area contributed by atoms with Crippen molar-refractivity contribution in [3.8, 4) is 5.75 Å². The number of rotatable bonds is 5. The normalized spacial score (nSPS) is 10.7. The molecule has 0 bridgehead atoms. The second kappa shape index (κ2) is 5.83. The Kier molecular flexibility index (Phi) is 3.73. The van der Waals surface area contributed by atoms with Crippen LogP contribution in [0.4, 0.5) is 0 Å². The molecule has 3 rings (SSSR count). The lowest BCUT2D eigenvalue weighted by Crippen LogP contribution is -2.11. The largest absolute Gasteiger partial charge is 0.497 e. The maximum atomic E-state index is 12.2. The summed E-state index contributed by atoms with van der Waals surface area (Å²) in [7, 11) is 1.65. The van der Waals surface area contributed by atoms with Crippen LogP contribution in [0, 0.1) is 0 Å². The molecule has 0 unspecified atom stereocenters. The molecule has 3 heteroatoms. The van der Waals surface area contributed by atoms with Crippen molar-refractivity contribution in [1.82, 2.24) is 4.57 Å². The SMILES string of the molecule is COc1ccc2c(ccn2CC(=O)Cc2ccccc2)c1. The van der Waals surface area contributed by atoms with Gasteiger partial charge in [-0.05, 0) is 29.8 Å². The highest BCUT2D eigenvalue weighted by Gasteiger charge is 2.08. The number of hydrogen-bond donors (Lipinski definition) is 0. The van der Waals surface area contributed by atoms with Crippen LogP contribution in [-0.4, -0.2) is 17.5 Å². The van der Waals surface area contributed by atoms with Crippen LogP contribution in [0.5, 0.6) is 5.75 Å². The number of nitrogens with zero attached hydrogens (tertiary/aromatic N) is 1. The lowest BCUT2D eigenvalue weighted by Gasteiger charge is -2.06. The first kappa shape index (κ1) is 13.4. The first-order chi connectivity index (χ1) is 10.3. The Bertz CT molecular complexity index is 759. The quantitative estimate of drug-likeness (QED) is 0.716. The predicted molar refractivity (Wildman–Crippen MR) is 83.6 cm³/mol. The molecule has 0 fully saturated rings. The van der Waals surface area contributed by atoms with E-state index in [1.807, 2.05) is 65.4 Å². The van der Waals surface area contributed by atoms with Gasteiger partial charge in [0.25, 0.3) is 0 Å². The zero-order chi connectivity index (χ0) is 14.7. The van der Waals surface area contributed by atoms with Crippen molar-refractivity contribution in [3.05, 3.63) is 66.4 Å². The molecule has 0 saturated carbocycles. The van der Waals surface area contributed by atoms with Crippen LogP contribution < -0.4 is 4.74 Å². The highest BCUT2D eigenvalue weighted by atomic mass is 16.5. The summed E-state index contributed by atoms with van der Waals surface area (Å²) in [5, 5.41) is 1.09. The average Bonchev–Trinajstić information content (AvgIpc) is 2.90. The monoisotopic (exact) mass is 279 g/mol. The first-order valence-electron chi connectivity index (χ1n) is 6.95. The molecule has 3 nitrogen and oxygen atoms in total. The van der Waals surface area contributed by atoms with Gasteiger partial charge in [-0.2, -0.15) is 0 Å². The fourth-order valence-electron chi connectivity index (χ4n) is 2.51. The number of carbonyl (C=O) groups excluding carboxylic acids is 1. The van der Waals surface area contributed by atoms with Crippen LogP contribution in [0.2, 0.25) is 0 Å². The van der Waals surface area contributed by atoms with Crippen molar-refractivity contribution in [2.45, 2.75) is 13.0 Å². The van der Waals surface area contributed by atoms with Gasteiger partial charge in [-0.1, -0.05) is 30.3 Å². The van der Waals surface area contributed by atoms with Crippen LogP contribution in [0.25, 0.3) is 10.9 Å². The fraction of sp³-hybridized carbons (Fsp3) is 0.167. The maximum absolute atomic E-state index is 12.2. The van der Waals surface area contributed by atoms with Gasteiger partial charge in [-0.15, -0.1) is 0 Å². The number of Topliss-reactive ketones (excluding diaryl/α,β-unsaturated/α-hetero) is 1. The van der Waals surface area contributed by atoms with Gasteiger partial charge in [0.05, 0.1) is 13.7 Å². The van der Waals surface area contributed by atoms with Crippen LogP contribution in [0.1, 0.15) is 5.56 Å². The Morgan fingerprint density at radius 1 is 1.10 bits per heavy atom. The number of ketones is 1. The lowest BCUT2D eigenvalue weighted by atomic mass is 10.1. The molecule has 0 spiro atoms. The number of hydrogen-bond acceptors (Lipinski definition) is 2. The molecule has 0 atom stereocenters. The van der Waals surface area contributed by atoms with Gasteiger partial charge in [0, 0.05) is 23.5 Å². The van der Waals surface area contributed by atoms with E-state index in [0.717, 1.165) is 22.2 Å². The summed E-state index contributed by atoms with van der Waals surface area (Å²) in [5.74, 6) is 1.03. The second-order valence-electron chi connectivity index (χ2n) is 5.07.